The van der Waals surface area contributed by atoms with Gasteiger partial charge in [-0.3, -0.25) is 9.59 Å². The molecule has 126 valence electrons. The molecule has 2 amide bonds. The van der Waals surface area contributed by atoms with Crippen molar-refractivity contribution in [3.8, 4) is 0 Å². The molecule has 0 atom stereocenters. The first-order chi connectivity index (χ1) is 12.0. The number of rotatable bonds is 4. The Hall–Kier alpha value is -2.57. The highest BCUT2D eigenvalue weighted by molar-refractivity contribution is 9.10. The molecule has 0 unspecified atom stereocenters. The van der Waals surface area contributed by atoms with Crippen molar-refractivity contribution in [3.63, 3.8) is 0 Å². The lowest BCUT2D eigenvalue weighted by molar-refractivity contribution is 0.0994. The van der Waals surface area contributed by atoms with Gasteiger partial charge in [-0.2, -0.15) is 0 Å². The molecule has 0 saturated heterocycles. The summed E-state index contributed by atoms with van der Waals surface area (Å²) in [4.78, 5) is 24.4. The molecule has 0 aliphatic carbocycles. The summed E-state index contributed by atoms with van der Waals surface area (Å²) in [5.41, 5.74) is 1.43. The molecule has 1 heterocycles. The molecule has 0 spiro atoms. The average Bonchev–Trinajstić information content (AvgIpc) is 3.02. The molecule has 3 aromatic rings. The van der Waals surface area contributed by atoms with Crippen LogP contribution in [0.1, 0.15) is 20.9 Å². The summed E-state index contributed by atoms with van der Waals surface area (Å²) < 4.78 is 5.67. The van der Waals surface area contributed by atoms with E-state index in [0.29, 0.717) is 26.6 Å². The predicted octanol–water partition coefficient (Wildman–Crippen LogP) is 5.20. The molecule has 3 rings (SSSR count). The molecule has 0 fully saturated rings. The van der Waals surface area contributed by atoms with Crippen LogP contribution in [0, 0.1) is 0 Å². The van der Waals surface area contributed by atoms with Crippen LogP contribution >= 0.6 is 27.5 Å². The number of carbonyl (C=O) groups excluding carboxylic acids is 2. The van der Waals surface area contributed by atoms with Crippen LogP contribution in [0.5, 0.6) is 0 Å². The zero-order valence-electron chi connectivity index (χ0n) is 12.8. The van der Waals surface area contributed by atoms with Crippen LogP contribution in [0.15, 0.2) is 69.8 Å². The van der Waals surface area contributed by atoms with Crippen LogP contribution in [-0.4, -0.2) is 11.8 Å². The third kappa shape index (κ3) is 4.29. The van der Waals surface area contributed by atoms with E-state index in [1.165, 1.54) is 0 Å². The van der Waals surface area contributed by atoms with E-state index in [2.05, 4.69) is 26.6 Å². The Balaban J connectivity index is 1.72. The topological polar surface area (TPSA) is 71.3 Å². The SMILES string of the molecule is O=C(Nc1cccc(NC(=O)c2ccccc2Cl)c1)c1ccc(Br)o1. The molecule has 25 heavy (non-hydrogen) atoms. The highest BCUT2D eigenvalue weighted by atomic mass is 79.9. The summed E-state index contributed by atoms with van der Waals surface area (Å²) in [6.45, 7) is 0. The minimum Gasteiger partial charge on any atom is -0.444 e. The highest BCUT2D eigenvalue weighted by Gasteiger charge is 2.12. The summed E-state index contributed by atoms with van der Waals surface area (Å²) in [5.74, 6) is -0.540. The maximum Gasteiger partial charge on any atom is 0.291 e. The highest BCUT2D eigenvalue weighted by Crippen LogP contribution is 2.21. The van der Waals surface area contributed by atoms with Gasteiger partial charge in [-0.05, 0) is 58.4 Å². The van der Waals surface area contributed by atoms with E-state index in [4.69, 9.17) is 16.0 Å². The fourth-order valence-corrected chi connectivity index (χ4v) is 2.68. The molecule has 0 saturated carbocycles. The van der Waals surface area contributed by atoms with E-state index in [-0.39, 0.29) is 17.6 Å². The molecule has 0 radical (unpaired) electrons. The average molecular weight is 420 g/mol. The van der Waals surface area contributed by atoms with Crippen molar-refractivity contribution in [2.75, 3.05) is 10.6 Å². The molecule has 0 bridgehead atoms. The first-order valence-electron chi connectivity index (χ1n) is 7.25. The lowest BCUT2D eigenvalue weighted by atomic mass is 10.2. The Morgan fingerprint density at radius 2 is 1.56 bits per heavy atom. The quantitative estimate of drug-likeness (QED) is 0.610. The summed E-state index contributed by atoms with van der Waals surface area (Å²) in [7, 11) is 0. The van der Waals surface area contributed by atoms with Crippen LogP contribution < -0.4 is 10.6 Å². The van der Waals surface area contributed by atoms with Gasteiger partial charge in [0.25, 0.3) is 11.8 Å². The summed E-state index contributed by atoms with van der Waals surface area (Å²) in [6.07, 6.45) is 0. The van der Waals surface area contributed by atoms with E-state index in [0.717, 1.165) is 0 Å². The minimum absolute atomic E-state index is 0.178. The van der Waals surface area contributed by atoms with E-state index in [1.54, 1.807) is 60.7 Å². The maximum absolute atomic E-state index is 12.3. The Bertz CT molecular complexity index is 939. The van der Waals surface area contributed by atoms with Gasteiger partial charge >= 0.3 is 0 Å². The van der Waals surface area contributed by atoms with Gasteiger partial charge in [0, 0.05) is 11.4 Å². The van der Waals surface area contributed by atoms with E-state index in [9.17, 15) is 9.59 Å². The fourth-order valence-electron chi connectivity index (χ4n) is 2.15. The molecule has 2 aromatic carbocycles. The van der Waals surface area contributed by atoms with Crippen molar-refractivity contribution in [1.82, 2.24) is 0 Å². The second kappa shape index (κ2) is 7.55. The first kappa shape index (κ1) is 17.3. The Morgan fingerprint density at radius 1 is 0.880 bits per heavy atom. The van der Waals surface area contributed by atoms with Crippen LogP contribution in [0.25, 0.3) is 0 Å². The van der Waals surface area contributed by atoms with Gasteiger partial charge in [-0.25, -0.2) is 0 Å². The van der Waals surface area contributed by atoms with Crippen molar-refractivity contribution < 1.29 is 14.0 Å². The molecule has 2 N–H and O–H groups in total. The van der Waals surface area contributed by atoms with Gasteiger partial charge in [0.05, 0.1) is 10.6 Å². The molecule has 0 aliphatic heterocycles. The van der Waals surface area contributed by atoms with Gasteiger partial charge in [0.2, 0.25) is 0 Å². The molecule has 1 aromatic heterocycles. The van der Waals surface area contributed by atoms with Crippen LogP contribution in [0.4, 0.5) is 11.4 Å². The molecule has 7 heteroatoms. The maximum atomic E-state index is 12.3. The second-order valence-corrected chi connectivity index (χ2v) is 6.26. The third-order valence-corrected chi connectivity index (χ3v) is 4.05. The monoisotopic (exact) mass is 418 g/mol. The van der Waals surface area contributed by atoms with Crippen LogP contribution in [0.2, 0.25) is 5.02 Å². The van der Waals surface area contributed by atoms with Gasteiger partial charge in [-0.1, -0.05) is 29.8 Å². The van der Waals surface area contributed by atoms with E-state index < -0.39 is 0 Å². The van der Waals surface area contributed by atoms with Gasteiger partial charge in [-0.15, -0.1) is 0 Å². The zero-order valence-corrected chi connectivity index (χ0v) is 15.1. The molecule has 5 nitrogen and oxygen atoms in total. The standard InChI is InChI=1S/C18H12BrClN2O3/c19-16-9-8-15(25-16)18(24)22-12-5-3-4-11(10-12)21-17(23)13-6-1-2-7-14(13)20/h1-10H,(H,21,23)(H,22,24). The summed E-state index contributed by atoms with van der Waals surface area (Å²) in [6, 6.07) is 16.8. The smallest absolute Gasteiger partial charge is 0.291 e. The van der Waals surface area contributed by atoms with Crippen molar-refractivity contribution >= 4 is 50.7 Å². The second-order valence-electron chi connectivity index (χ2n) is 5.07. The summed E-state index contributed by atoms with van der Waals surface area (Å²) >= 11 is 9.17. The van der Waals surface area contributed by atoms with Gasteiger partial charge in [0.1, 0.15) is 0 Å². The van der Waals surface area contributed by atoms with Gasteiger partial charge < -0.3 is 15.1 Å². The fraction of sp³-hybridized carbons (Fsp3) is 0. The number of benzene rings is 2. The number of nitrogens with one attached hydrogen (secondary N) is 2. The molecule has 0 aliphatic rings. The largest absolute Gasteiger partial charge is 0.444 e. The minimum atomic E-state index is -0.389. The van der Waals surface area contributed by atoms with E-state index in [1.807, 2.05) is 0 Å². The number of amides is 2. The number of anilines is 2. The number of hydrogen-bond donors (Lipinski definition) is 2. The third-order valence-electron chi connectivity index (χ3n) is 3.29. The number of furan rings is 1. The lowest BCUT2D eigenvalue weighted by Crippen LogP contribution is -2.14. The zero-order chi connectivity index (χ0) is 17.8. The normalized spacial score (nSPS) is 10.3. The van der Waals surface area contributed by atoms with Crippen molar-refractivity contribution in [2.45, 2.75) is 0 Å². The Kier molecular flexibility index (Phi) is 5.21. The van der Waals surface area contributed by atoms with Crippen molar-refractivity contribution in [2.24, 2.45) is 0 Å². The predicted molar refractivity (Wildman–Crippen MR) is 100 cm³/mol. The number of hydrogen-bond acceptors (Lipinski definition) is 3. The Labute approximate surface area is 157 Å². The number of halogens is 2. The van der Waals surface area contributed by atoms with Crippen LogP contribution in [0.3, 0.4) is 0 Å². The lowest BCUT2D eigenvalue weighted by Gasteiger charge is -2.09. The van der Waals surface area contributed by atoms with E-state index >= 15 is 0 Å². The van der Waals surface area contributed by atoms with Crippen molar-refractivity contribution in [3.05, 3.63) is 81.7 Å². The number of carbonyl (C=O) groups is 2. The molecular formula is C18H12BrClN2O3. The molecular weight excluding hydrogens is 408 g/mol. The van der Waals surface area contributed by atoms with Crippen molar-refractivity contribution in [1.29, 1.82) is 0 Å². The van der Waals surface area contributed by atoms with Crippen LogP contribution in [-0.2, 0) is 0 Å². The summed E-state index contributed by atoms with van der Waals surface area (Å²) in [5, 5.41) is 5.82. The Morgan fingerprint density at radius 3 is 2.20 bits per heavy atom. The first-order valence-corrected chi connectivity index (χ1v) is 8.42. The van der Waals surface area contributed by atoms with Gasteiger partial charge in [0.15, 0.2) is 10.4 Å².